The van der Waals surface area contributed by atoms with Gasteiger partial charge in [0.15, 0.2) is 0 Å². The summed E-state index contributed by atoms with van der Waals surface area (Å²) in [5.74, 6) is 0.700. The van der Waals surface area contributed by atoms with Gasteiger partial charge < -0.3 is 9.64 Å². The van der Waals surface area contributed by atoms with Crippen LogP contribution in [0.4, 0.5) is 0 Å². The average molecular weight is 367 g/mol. The van der Waals surface area contributed by atoms with Gasteiger partial charge in [0.2, 0.25) is 0 Å². The fourth-order valence-electron chi connectivity index (χ4n) is 2.71. The second kappa shape index (κ2) is 8.10. The van der Waals surface area contributed by atoms with E-state index < -0.39 is 0 Å². The van der Waals surface area contributed by atoms with E-state index in [1.807, 2.05) is 30.5 Å². The Balaban J connectivity index is 1.77. The molecule has 6 heteroatoms. The van der Waals surface area contributed by atoms with Crippen LogP contribution in [-0.4, -0.2) is 41.4 Å². The van der Waals surface area contributed by atoms with Crippen LogP contribution >= 0.6 is 11.8 Å². The Morgan fingerprint density at radius 3 is 2.46 bits per heavy atom. The van der Waals surface area contributed by atoms with Crippen molar-refractivity contribution in [1.82, 2.24) is 15.1 Å². The van der Waals surface area contributed by atoms with Crippen LogP contribution in [0.1, 0.15) is 15.9 Å². The molecule has 1 amide bonds. The number of aromatic nitrogens is 2. The van der Waals surface area contributed by atoms with Crippen molar-refractivity contribution < 1.29 is 9.53 Å². The van der Waals surface area contributed by atoms with E-state index in [1.165, 1.54) is 4.90 Å². The van der Waals surface area contributed by atoms with Crippen LogP contribution in [-0.2, 0) is 6.54 Å². The van der Waals surface area contributed by atoms with Crippen molar-refractivity contribution in [3.63, 3.8) is 0 Å². The van der Waals surface area contributed by atoms with Crippen molar-refractivity contribution in [2.24, 2.45) is 0 Å². The third kappa shape index (κ3) is 3.91. The minimum absolute atomic E-state index is 0.0708. The Morgan fingerprint density at radius 2 is 1.85 bits per heavy atom. The van der Waals surface area contributed by atoms with E-state index in [9.17, 15) is 4.79 Å². The molecule has 0 aliphatic heterocycles. The fraction of sp³-hybridized carbons (Fsp3) is 0.200. The van der Waals surface area contributed by atoms with Crippen LogP contribution in [0.15, 0.2) is 59.6 Å². The van der Waals surface area contributed by atoms with E-state index in [4.69, 9.17) is 4.74 Å². The highest BCUT2D eigenvalue weighted by molar-refractivity contribution is 7.98. The van der Waals surface area contributed by atoms with Crippen LogP contribution < -0.4 is 4.74 Å². The Hall–Kier alpha value is -2.73. The Labute approximate surface area is 157 Å². The average Bonchev–Trinajstić information content (AvgIpc) is 3.17. The number of hydrogen-bond donors (Lipinski definition) is 1. The molecule has 3 rings (SSSR count). The topological polar surface area (TPSA) is 58.2 Å². The summed E-state index contributed by atoms with van der Waals surface area (Å²) >= 11 is 1.70. The number of hydrogen-bond acceptors (Lipinski definition) is 4. The van der Waals surface area contributed by atoms with E-state index in [-0.39, 0.29) is 5.91 Å². The Kier molecular flexibility index (Phi) is 5.63. The predicted molar refractivity (Wildman–Crippen MR) is 105 cm³/mol. The van der Waals surface area contributed by atoms with E-state index in [1.54, 1.807) is 37.0 Å². The van der Waals surface area contributed by atoms with Crippen LogP contribution in [0.5, 0.6) is 5.75 Å². The number of rotatable bonds is 6. The second-order valence-corrected chi connectivity index (χ2v) is 6.78. The first-order valence-corrected chi connectivity index (χ1v) is 9.41. The van der Waals surface area contributed by atoms with Gasteiger partial charge in [0.25, 0.3) is 5.91 Å². The summed E-state index contributed by atoms with van der Waals surface area (Å²) in [7, 11) is 3.43. The summed E-state index contributed by atoms with van der Waals surface area (Å²) < 4.78 is 5.18. The molecule has 0 atom stereocenters. The summed E-state index contributed by atoms with van der Waals surface area (Å²) in [4.78, 5) is 15.8. The maximum atomic E-state index is 12.9. The molecule has 0 saturated heterocycles. The molecular formula is C20H21N3O2S. The molecule has 0 bridgehead atoms. The smallest absolute Gasteiger partial charge is 0.257 e. The molecule has 0 unspecified atom stereocenters. The van der Waals surface area contributed by atoms with Gasteiger partial charge in [0.1, 0.15) is 5.75 Å². The number of nitrogens with zero attached hydrogens (tertiary/aromatic N) is 2. The lowest BCUT2D eigenvalue weighted by Gasteiger charge is -2.17. The van der Waals surface area contributed by atoms with E-state index in [0.29, 0.717) is 17.8 Å². The number of benzene rings is 2. The van der Waals surface area contributed by atoms with E-state index >= 15 is 0 Å². The monoisotopic (exact) mass is 367 g/mol. The van der Waals surface area contributed by atoms with Crippen molar-refractivity contribution in [3.05, 3.63) is 65.9 Å². The first-order chi connectivity index (χ1) is 12.6. The zero-order chi connectivity index (χ0) is 18.5. The van der Waals surface area contributed by atoms with Crippen LogP contribution in [0.3, 0.4) is 0 Å². The number of methoxy groups -OCH3 is 1. The minimum Gasteiger partial charge on any atom is -0.497 e. The Morgan fingerprint density at radius 1 is 1.15 bits per heavy atom. The molecule has 134 valence electrons. The van der Waals surface area contributed by atoms with Gasteiger partial charge in [-0.3, -0.25) is 9.89 Å². The number of amides is 1. The summed E-state index contributed by atoms with van der Waals surface area (Å²) in [5, 5.41) is 7.00. The minimum atomic E-state index is -0.0708. The first-order valence-electron chi connectivity index (χ1n) is 8.18. The van der Waals surface area contributed by atoms with Gasteiger partial charge in [0, 0.05) is 24.1 Å². The van der Waals surface area contributed by atoms with Crippen LogP contribution in [0.25, 0.3) is 11.3 Å². The number of H-pyrrole nitrogens is 1. The Bertz CT molecular complexity index is 873. The molecule has 1 aromatic heterocycles. The molecule has 0 saturated carbocycles. The second-order valence-electron chi connectivity index (χ2n) is 5.90. The molecule has 5 nitrogen and oxygen atoms in total. The normalized spacial score (nSPS) is 10.6. The molecule has 1 N–H and O–H groups in total. The van der Waals surface area contributed by atoms with Gasteiger partial charge in [-0.2, -0.15) is 5.10 Å². The zero-order valence-corrected chi connectivity index (χ0v) is 15.8. The fourth-order valence-corrected chi connectivity index (χ4v) is 3.12. The number of thioether (sulfide) groups is 1. The third-order valence-corrected chi connectivity index (χ3v) is 4.92. The lowest BCUT2D eigenvalue weighted by atomic mass is 10.1. The summed E-state index contributed by atoms with van der Waals surface area (Å²) in [6.45, 7) is 0.542. The molecule has 0 fully saturated rings. The van der Waals surface area contributed by atoms with Crippen LogP contribution in [0.2, 0.25) is 0 Å². The number of carbonyl (C=O) groups excluding carboxylic acids is 1. The molecule has 0 aliphatic rings. The molecule has 0 radical (unpaired) electrons. The zero-order valence-electron chi connectivity index (χ0n) is 15.0. The molecule has 0 spiro atoms. The van der Waals surface area contributed by atoms with Gasteiger partial charge in [-0.05, 0) is 48.2 Å². The molecule has 1 heterocycles. The van der Waals surface area contributed by atoms with Gasteiger partial charge in [0.05, 0.1) is 24.6 Å². The quantitative estimate of drug-likeness (QED) is 0.667. The van der Waals surface area contributed by atoms with E-state index in [2.05, 4.69) is 34.5 Å². The maximum absolute atomic E-state index is 12.9. The molecule has 0 aliphatic carbocycles. The lowest BCUT2D eigenvalue weighted by molar-refractivity contribution is 0.0786. The largest absolute Gasteiger partial charge is 0.497 e. The standard InChI is InChI=1S/C20H21N3O2S/c1-23(13-14-4-10-17(26-3)11-5-14)20(24)18-12-21-22-19(18)15-6-8-16(25-2)9-7-15/h4-12H,13H2,1-3H3,(H,21,22). The molecule has 2 aromatic carbocycles. The van der Waals surface area contributed by atoms with Crippen molar-refractivity contribution >= 4 is 17.7 Å². The summed E-state index contributed by atoms with van der Waals surface area (Å²) in [6, 6.07) is 15.8. The third-order valence-electron chi connectivity index (χ3n) is 4.17. The molecular weight excluding hydrogens is 346 g/mol. The van der Waals surface area contributed by atoms with Crippen LogP contribution in [0, 0.1) is 0 Å². The summed E-state index contributed by atoms with van der Waals surface area (Å²) in [6.07, 6.45) is 3.62. The lowest BCUT2D eigenvalue weighted by Crippen LogP contribution is -2.26. The maximum Gasteiger partial charge on any atom is 0.257 e. The van der Waals surface area contributed by atoms with Crippen molar-refractivity contribution in [3.8, 4) is 17.0 Å². The van der Waals surface area contributed by atoms with Crippen molar-refractivity contribution in [1.29, 1.82) is 0 Å². The van der Waals surface area contributed by atoms with Crippen molar-refractivity contribution in [2.75, 3.05) is 20.4 Å². The van der Waals surface area contributed by atoms with Gasteiger partial charge in [-0.25, -0.2) is 0 Å². The number of nitrogens with one attached hydrogen (secondary N) is 1. The van der Waals surface area contributed by atoms with Gasteiger partial charge in [-0.1, -0.05) is 12.1 Å². The summed E-state index contributed by atoms with van der Waals surface area (Å²) in [5.41, 5.74) is 3.25. The highest BCUT2D eigenvalue weighted by atomic mass is 32.2. The van der Waals surface area contributed by atoms with Crippen molar-refractivity contribution in [2.45, 2.75) is 11.4 Å². The predicted octanol–water partition coefficient (Wildman–Crippen LogP) is 4.08. The van der Waals surface area contributed by atoms with Gasteiger partial charge in [-0.15, -0.1) is 11.8 Å². The highest BCUT2D eigenvalue weighted by Crippen LogP contribution is 2.25. The number of carbonyl (C=O) groups is 1. The molecule has 26 heavy (non-hydrogen) atoms. The highest BCUT2D eigenvalue weighted by Gasteiger charge is 2.19. The first kappa shape index (κ1) is 18.1. The molecule has 3 aromatic rings. The number of ether oxygens (including phenoxy) is 1. The number of aromatic amines is 1. The SMILES string of the molecule is COc1ccc(-c2[nH]ncc2C(=O)N(C)Cc2ccc(SC)cc2)cc1. The van der Waals surface area contributed by atoms with Gasteiger partial charge >= 0.3 is 0 Å². The van der Waals surface area contributed by atoms with E-state index in [0.717, 1.165) is 16.9 Å².